The van der Waals surface area contributed by atoms with Crippen LogP contribution in [-0.2, 0) is 26.2 Å². The minimum Gasteiger partial charge on any atom is -0.354 e. The van der Waals surface area contributed by atoms with E-state index in [2.05, 4.69) is 5.32 Å². The van der Waals surface area contributed by atoms with Crippen molar-refractivity contribution in [2.45, 2.75) is 45.2 Å². The summed E-state index contributed by atoms with van der Waals surface area (Å²) < 4.78 is 42.0. The van der Waals surface area contributed by atoms with Crippen molar-refractivity contribution in [3.05, 3.63) is 94.8 Å². The first-order valence-electron chi connectivity index (χ1n) is 12.6. The number of sulfonamides is 1. The summed E-state index contributed by atoms with van der Waals surface area (Å²) in [5, 5.41) is 3.25. The SMILES string of the molecule is Cc1ccc(N(CC(=O)N(Cc2ccccc2Cl)[C@H](C)C(=O)NCC(C)C)S(=O)(=O)c2ccc(F)cc2)cc1. The van der Waals surface area contributed by atoms with Gasteiger partial charge in [-0.05, 0) is 67.8 Å². The summed E-state index contributed by atoms with van der Waals surface area (Å²) in [5.74, 6) is -1.36. The van der Waals surface area contributed by atoms with Gasteiger partial charge in [-0.25, -0.2) is 12.8 Å². The lowest BCUT2D eigenvalue weighted by Gasteiger charge is -2.32. The van der Waals surface area contributed by atoms with Gasteiger partial charge in [0.2, 0.25) is 11.8 Å². The highest BCUT2D eigenvalue weighted by atomic mass is 35.5. The van der Waals surface area contributed by atoms with Gasteiger partial charge in [0, 0.05) is 18.1 Å². The van der Waals surface area contributed by atoms with E-state index in [1.807, 2.05) is 20.8 Å². The van der Waals surface area contributed by atoms with Gasteiger partial charge in [0.05, 0.1) is 10.6 Å². The predicted molar refractivity (Wildman–Crippen MR) is 151 cm³/mol. The average Bonchev–Trinajstić information content (AvgIpc) is 2.90. The third kappa shape index (κ3) is 7.80. The van der Waals surface area contributed by atoms with E-state index in [9.17, 15) is 22.4 Å². The number of hydrogen-bond acceptors (Lipinski definition) is 4. The number of nitrogens with zero attached hydrogens (tertiary/aromatic N) is 2. The first-order valence-corrected chi connectivity index (χ1v) is 14.4. The van der Waals surface area contributed by atoms with E-state index in [4.69, 9.17) is 11.6 Å². The maximum atomic E-state index is 13.9. The Morgan fingerprint density at radius 2 is 1.56 bits per heavy atom. The maximum absolute atomic E-state index is 13.9. The van der Waals surface area contributed by atoms with E-state index < -0.39 is 34.3 Å². The molecule has 7 nitrogen and oxygen atoms in total. The summed E-state index contributed by atoms with van der Waals surface area (Å²) >= 11 is 6.37. The van der Waals surface area contributed by atoms with Crippen molar-refractivity contribution in [2.24, 2.45) is 5.92 Å². The van der Waals surface area contributed by atoms with Crippen molar-refractivity contribution in [3.63, 3.8) is 0 Å². The zero-order valence-corrected chi connectivity index (χ0v) is 24.0. The van der Waals surface area contributed by atoms with Gasteiger partial charge in [0.15, 0.2) is 0 Å². The number of anilines is 1. The number of amides is 2. The Labute approximate surface area is 234 Å². The number of hydrogen-bond donors (Lipinski definition) is 1. The van der Waals surface area contributed by atoms with Crippen LogP contribution in [-0.4, -0.2) is 44.3 Å². The molecule has 0 aromatic heterocycles. The normalized spacial score (nSPS) is 12.2. The molecule has 2 amide bonds. The van der Waals surface area contributed by atoms with Crippen molar-refractivity contribution in [1.29, 1.82) is 0 Å². The molecule has 0 bridgehead atoms. The van der Waals surface area contributed by atoms with Crippen LogP contribution in [0.25, 0.3) is 0 Å². The predicted octanol–water partition coefficient (Wildman–Crippen LogP) is 5.17. The van der Waals surface area contributed by atoms with Crippen LogP contribution < -0.4 is 9.62 Å². The molecule has 0 heterocycles. The van der Waals surface area contributed by atoms with Crippen LogP contribution in [0.3, 0.4) is 0 Å². The van der Waals surface area contributed by atoms with Gasteiger partial charge < -0.3 is 10.2 Å². The maximum Gasteiger partial charge on any atom is 0.264 e. The van der Waals surface area contributed by atoms with Crippen molar-refractivity contribution >= 4 is 39.1 Å². The number of aryl methyl sites for hydroxylation is 1. The second-order valence-electron chi connectivity index (χ2n) is 9.73. The van der Waals surface area contributed by atoms with Crippen LogP contribution in [0, 0.1) is 18.7 Å². The van der Waals surface area contributed by atoms with E-state index in [1.165, 1.54) is 4.90 Å². The fourth-order valence-corrected chi connectivity index (χ4v) is 5.43. The van der Waals surface area contributed by atoms with Gasteiger partial charge in [-0.1, -0.05) is 61.3 Å². The highest BCUT2D eigenvalue weighted by molar-refractivity contribution is 7.92. The van der Waals surface area contributed by atoms with Crippen LogP contribution in [0.1, 0.15) is 31.9 Å². The Bertz CT molecular complexity index is 1400. The Balaban J connectivity index is 2.01. The molecule has 0 saturated carbocycles. The Hall–Kier alpha value is -3.43. The third-order valence-electron chi connectivity index (χ3n) is 6.15. The number of nitrogens with one attached hydrogen (secondary N) is 1. The Morgan fingerprint density at radius 1 is 0.949 bits per heavy atom. The molecule has 1 N–H and O–H groups in total. The number of carbonyl (C=O) groups excluding carboxylic acids is 2. The van der Waals surface area contributed by atoms with Crippen molar-refractivity contribution in [2.75, 3.05) is 17.4 Å². The summed E-state index contributed by atoms with van der Waals surface area (Å²) in [5.41, 5.74) is 1.77. The second-order valence-corrected chi connectivity index (χ2v) is 12.0. The Morgan fingerprint density at radius 3 is 2.15 bits per heavy atom. The molecule has 208 valence electrons. The molecule has 1 atom stereocenters. The highest BCUT2D eigenvalue weighted by Gasteiger charge is 2.32. The second kappa shape index (κ2) is 13.1. The van der Waals surface area contributed by atoms with E-state index in [-0.39, 0.29) is 29.0 Å². The molecule has 0 radical (unpaired) electrons. The fraction of sp³-hybridized carbons (Fsp3) is 0.310. The zero-order valence-electron chi connectivity index (χ0n) is 22.4. The van der Waals surface area contributed by atoms with Gasteiger partial charge >= 0.3 is 0 Å². The molecule has 0 unspecified atom stereocenters. The van der Waals surface area contributed by atoms with Crippen LogP contribution >= 0.6 is 11.6 Å². The molecule has 0 fully saturated rings. The number of halogens is 2. The number of carbonyl (C=O) groups is 2. The van der Waals surface area contributed by atoms with Crippen LogP contribution in [0.2, 0.25) is 5.02 Å². The van der Waals surface area contributed by atoms with Gasteiger partial charge in [-0.2, -0.15) is 0 Å². The largest absolute Gasteiger partial charge is 0.354 e. The molecule has 10 heteroatoms. The van der Waals surface area contributed by atoms with E-state index in [0.29, 0.717) is 17.1 Å². The smallest absolute Gasteiger partial charge is 0.264 e. The zero-order chi connectivity index (χ0) is 28.7. The lowest BCUT2D eigenvalue weighted by atomic mass is 10.1. The van der Waals surface area contributed by atoms with Crippen LogP contribution in [0.15, 0.2) is 77.7 Å². The summed E-state index contributed by atoms with van der Waals surface area (Å²) in [6.45, 7) is 7.19. The molecule has 39 heavy (non-hydrogen) atoms. The van der Waals surface area contributed by atoms with Gasteiger partial charge in [-0.15, -0.1) is 0 Å². The summed E-state index contributed by atoms with van der Waals surface area (Å²) in [7, 11) is -4.27. The molecule has 0 spiro atoms. The quantitative estimate of drug-likeness (QED) is 0.343. The molecule has 0 aliphatic rings. The molecule has 3 aromatic rings. The van der Waals surface area contributed by atoms with Gasteiger partial charge in [0.25, 0.3) is 10.0 Å². The standard InChI is InChI=1S/C29H33ClFN3O4S/c1-20(2)17-32-29(36)22(4)33(18-23-7-5-6-8-27(23)30)28(35)19-34(25-13-9-21(3)10-14-25)39(37,38)26-15-11-24(31)12-16-26/h5-16,20,22H,17-19H2,1-4H3,(H,32,36)/t22-/m1/s1. The Kier molecular flexibility index (Phi) is 10.1. The van der Waals surface area contributed by atoms with E-state index in [0.717, 1.165) is 34.1 Å². The van der Waals surface area contributed by atoms with Gasteiger partial charge in [-0.3, -0.25) is 13.9 Å². The topological polar surface area (TPSA) is 86.8 Å². The molecule has 3 aromatic carbocycles. The number of benzene rings is 3. The molecular formula is C29H33ClFN3O4S. The van der Waals surface area contributed by atoms with Crippen LogP contribution in [0.4, 0.5) is 10.1 Å². The van der Waals surface area contributed by atoms with Crippen molar-refractivity contribution < 1.29 is 22.4 Å². The van der Waals surface area contributed by atoms with E-state index >= 15 is 0 Å². The van der Waals surface area contributed by atoms with Crippen LogP contribution in [0.5, 0.6) is 0 Å². The lowest BCUT2D eigenvalue weighted by Crippen LogP contribution is -2.51. The summed E-state index contributed by atoms with van der Waals surface area (Å²) in [6, 6.07) is 17.1. The van der Waals surface area contributed by atoms with E-state index in [1.54, 1.807) is 55.5 Å². The summed E-state index contributed by atoms with van der Waals surface area (Å²) in [4.78, 5) is 28.0. The molecular weight excluding hydrogens is 541 g/mol. The first kappa shape index (κ1) is 30.1. The third-order valence-corrected chi connectivity index (χ3v) is 8.31. The number of rotatable bonds is 11. The van der Waals surface area contributed by atoms with Crippen molar-refractivity contribution in [3.8, 4) is 0 Å². The molecule has 0 aliphatic heterocycles. The molecule has 3 rings (SSSR count). The minimum atomic E-state index is -4.27. The first-order chi connectivity index (χ1) is 18.4. The summed E-state index contributed by atoms with van der Waals surface area (Å²) in [6.07, 6.45) is 0. The minimum absolute atomic E-state index is 0.00684. The lowest BCUT2D eigenvalue weighted by molar-refractivity contribution is -0.139. The van der Waals surface area contributed by atoms with Gasteiger partial charge in [0.1, 0.15) is 18.4 Å². The fourth-order valence-electron chi connectivity index (χ4n) is 3.82. The molecule has 0 aliphatic carbocycles. The monoisotopic (exact) mass is 573 g/mol. The van der Waals surface area contributed by atoms with Crippen molar-refractivity contribution in [1.82, 2.24) is 10.2 Å². The molecule has 0 saturated heterocycles. The average molecular weight is 574 g/mol. The highest BCUT2D eigenvalue weighted by Crippen LogP contribution is 2.26.